The van der Waals surface area contributed by atoms with Crippen molar-refractivity contribution < 1.29 is 0 Å². The third kappa shape index (κ3) is 4.14. The van der Waals surface area contributed by atoms with Gasteiger partial charge in [0.05, 0.1) is 0 Å². The zero-order valence-electron chi connectivity index (χ0n) is 10.6. The molecule has 2 rings (SSSR count). The van der Waals surface area contributed by atoms with Gasteiger partial charge < -0.3 is 0 Å². The molecule has 1 aliphatic rings. The normalized spacial score (nSPS) is 18.4. The van der Waals surface area contributed by atoms with Gasteiger partial charge in [0.1, 0.15) is 0 Å². The van der Waals surface area contributed by atoms with E-state index >= 15 is 0 Å². The molecule has 0 aromatic heterocycles. The van der Waals surface area contributed by atoms with E-state index in [1.807, 2.05) is 0 Å². The lowest BCUT2D eigenvalue weighted by molar-refractivity contribution is 0.375. The van der Waals surface area contributed by atoms with E-state index in [1.54, 1.807) is 0 Å². The van der Waals surface area contributed by atoms with E-state index in [2.05, 4.69) is 35.8 Å². The quantitative estimate of drug-likeness (QED) is 0.584. The van der Waals surface area contributed by atoms with Crippen LogP contribution in [0.1, 0.15) is 44.1 Å². The zero-order valence-corrected chi connectivity index (χ0v) is 10.6. The van der Waals surface area contributed by atoms with Gasteiger partial charge in [0.15, 0.2) is 0 Å². The lowest BCUT2D eigenvalue weighted by atomic mass is 9.94. The summed E-state index contributed by atoms with van der Waals surface area (Å²) < 4.78 is 0. The molecule has 0 amide bonds. The van der Waals surface area contributed by atoms with Crippen LogP contribution in [0.25, 0.3) is 0 Å². The molecule has 1 aromatic carbocycles. The molecule has 0 heterocycles. The Labute approximate surface area is 105 Å². The fraction of sp³-hybridized carbons (Fsp3) is 0.600. The second-order valence-electron chi connectivity index (χ2n) is 5.27. The van der Waals surface area contributed by atoms with Crippen molar-refractivity contribution in [1.82, 2.24) is 5.43 Å². The molecule has 17 heavy (non-hydrogen) atoms. The van der Waals surface area contributed by atoms with Crippen molar-refractivity contribution >= 4 is 0 Å². The summed E-state index contributed by atoms with van der Waals surface area (Å²) in [5.74, 6) is 6.57. The second kappa shape index (κ2) is 6.77. The monoisotopic (exact) mass is 232 g/mol. The molecule has 1 fully saturated rings. The van der Waals surface area contributed by atoms with Crippen LogP contribution in [0.2, 0.25) is 0 Å². The molecule has 2 heteroatoms. The highest BCUT2D eigenvalue weighted by Gasteiger charge is 2.19. The summed E-state index contributed by atoms with van der Waals surface area (Å²) in [6.45, 7) is 0. The number of rotatable bonds is 6. The molecular weight excluding hydrogens is 208 g/mol. The first kappa shape index (κ1) is 12.6. The number of hydrogen-bond acceptors (Lipinski definition) is 2. The zero-order chi connectivity index (χ0) is 11.9. The predicted octanol–water partition coefficient (Wildman–Crippen LogP) is 3.03. The Balaban J connectivity index is 1.75. The van der Waals surface area contributed by atoms with Gasteiger partial charge in [0.25, 0.3) is 0 Å². The molecule has 0 aliphatic heterocycles. The number of aryl methyl sites for hydroxylation is 1. The number of hydrazine groups is 1. The van der Waals surface area contributed by atoms with Gasteiger partial charge in [-0.1, -0.05) is 56.0 Å². The highest BCUT2D eigenvalue weighted by molar-refractivity contribution is 5.14. The Morgan fingerprint density at radius 2 is 1.88 bits per heavy atom. The summed E-state index contributed by atoms with van der Waals surface area (Å²) in [5.41, 5.74) is 4.42. The van der Waals surface area contributed by atoms with Crippen LogP contribution in [0.5, 0.6) is 0 Å². The number of hydrogen-bond donors (Lipinski definition) is 2. The van der Waals surface area contributed by atoms with E-state index in [0.29, 0.717) is 6.04 Å². The van der Waals surface area contributed by atoms with Crippen molar-refractivity contribution in [3.05, 3.63) is 35.9 Å². The molecule has 2 nitrogen and oxygen atoms in total. The molecule has 0 bridgehead atoms. The van der Waals surface area contributed by atoms with Gasteiger partial charge in [-0.3, -0.25) is 11.3 Å². The Morgan fingerprint density at radius 3 is 2.53 bits per heavy atom. The van der Waals surface area contributed by atoms with Crippen molar-refractivity contribution in [2.75, 3.05) is 0 Å². The Morgan fingerprint density at radius 1 is 1.18 bits per heavy atom. The standard InChI is InChI=1S/C15H24N2/c16-17-15(12-14-8-4-5-9-14)11-10-13-6-2-1-3-7-13/h1-3,6-7,14-15,17H,4-5,8-12,16H2. The lowest BCUT2D eigenvalue weighted by Gasteiger charge is -2.19. The van der Waals surface area contributed by atoms with Gasteiger partial charge in [0.2, 0.25) is 0 Å². The number of nitrogens with one attached hydrogen (secondary N) is 1. The van der Waals surface area contributed by atoms with E-state index in [-0.39, 0.29) is 0 Å². The first-order valence-electron chi connectivity index (χ1n) is 6.88. The number of benzene rings is 1. The summed E-state index contributed by atoms with van der Waals surface area (Å²) in [4.78, 5) is 0. The molecule has 0 spiro atoms. The fourth-order valence-corrected chi connectivity index (χ4v) is 2.90. The Hall–Kier alpha value is -0.860. The summed E-state index contributed by atoms with van der Waals surface area (Å²) in [6.07, 6.45) is 9.18. The van der Waals surface area contributed by atoms with Crippen LogP contribution in [-0.2, 0) is 6.42 Å². The topological polar surface area (TPSA) is 38.0 Å². The Kier molecular flexibility index (Phi) is 5.02. The molecule has 1 unspecified atom stereocenters. The van der Waals surface area contributed by atoms with Gasteiger partial charge in [-0.2, -0.15) is 0 Å². The van der Waals surface area contributed by atoms with Gasteiger partial charge in [-0.05, 0) is 30.7 Å². The third-order valence-corrected chi connectivity index (χ3v) is 3.95. The van der Waals surface area contributed by atoms with E-state index in [9.17, 15) is 0 Å². The first-order valence-corrected chi connectivity index (χ1v) is 6.88. The van der Waals surface area contributed by atoms with Crippen LogP contribution in [-0.4, -0.2) is 6.04 Å². The van der Waals surface area contributed by atoms with E-state index in [4.69, 9.17) is 5.84 Å². The minimum absolute atomic E-state index is 0.485. The SMILES string of the molecule is NNC(CCc1ccccc1)CC1CCCC1. The molecule has 0 radical (unpaired) electrons. The average molecular weight is 232 g/mol. The molecule has 3 N–H and O–H groups in total. The molecule has 0 saturated heterocycles. The molecule has 1 aromatic rings. The van der Waals surface area contributed by atoms with Crippen LogP contribution in [0.4, 0.5) is 0 Å². The summed E-state index contributed by atoms with van der Waals surface area (Å²) in [5, 5.41) is 0. The molecular formula is C15H24N2. The van der Waals surface area contributed by atoms with E-state index in [0.717, 1.165) is 18.8 Å². The van der Waals surface area contributed by atoms with Gasteiger partial charge >= 0.3 is 0 Å². The maximum absolute atomic E-state index is 5.67. The van der Waals surface area contributed by atoms with Crippen molar-refractivity contribution in [1.29, 1.82) is 0 Å². The van der Waals surface area contributed by atoms with E-state index < -0.39 is 0 Å². The van der Waals surface area contributed by atoms with Gasteiger partial charge in [-0.25, -0.2) is 0 Å². The second-order valence-corrected chi connectivity index (χ2v) is 5.27. The van der Waals surface area contributed by atoms with Crippen molar-refractivity contribution in [2.24, 2.45) is 11.8 Å². The summed E-state index contributed by atoms with van der Waals surface area (Å²) >= 11 is 0. The molecule has 1 saturated carbocycles. The van der Waals surface area contributed by atoms with Crippen molar-refractivity contribution in [2.45, 2.75) is 51.0 Å². The first-order chi connectivity index (χ1) is 8.38. The van der Waals surface area contributed by atoms with Gasteiger partial charge in [0, 0.05) is 6.04 Å². The third-order valence-electron chi connectivity index (χ3n) is 3.95. The largest absolute Gasteiger partial charge is 0.271 e. The number of nitrogens with two attached hydrogens (primary N) is 1. The van der Waals surface area contributed by atoms with E-state index in [1.165, 1.54) is 37.7 Å². The van der Waals surface area contributed by atoms with Gasteiger partial charge in [-0.15, -0.1) is 0 Å². The van der Waals surface area contributed by atoms with Crippen molar-refractivity contribution in [3.63, 3.8) is 0 Å². The van der Waals surface area contributed by atoms with Crippen LogP contribution >= 0.6 is 0 Å². The highest BCUT2D eigenvalue weighted by atomic mass is 15.2. The molecule has 94 valence electrons. The van der Waals surface area contributed by atoms with Crippen LogP contribution in [0, 0.1) is 5.92 Å². The minimum Gasteiger partial charge on any atom is -0.271 e. The molecule has 1 atom stereocenters. The lowest BCUT2D eigenvalue weighted by Crippen LogP contribution is -2.36. The minimum atomic E-state index is 0.485. The smallest absolute Gasteiger partial charge is 0.0216 e. The maximum Gasteiger partial charge on any atom is 0.0216 e. The summed E-state index contributed by atoms with van der Waals surface area (Å²) in [7, 11) is 0. The van der Waals surface area contributed by atoms with Crippen LogP contribution in [0.15, 0.2) is 30.3 Å². The Bertz CT molecular complexity index is 304. The fourth-order valence-electron chi connectivity index (χ4n) is 2.90. The van der Waals surface area contributed by atoms with Crippen LogP contribution < -0.4 is 11.3 Å². The average Bonchev–Trinajstić information content (AvgIpc) is 2.88. The molecule has 1 aliphatic carbocycles. The van der Waals surface area contributed by atoms with Crippen LogP contribution in [0.3, 0.4) is 0 Å². The predicted molar refractivity (Wildman–Crippen MR) is 72.4 cm³/mol. The highest BCUT2D eigenvalue weighted by Crippen LogP contribution is 2.29. The maximum atomic E-state index is 5.67. The summed E-state index contributed by atoms with van der Waals surface area (Å²) in [6, 6.07) is 11.2. The van der Waals surface area contributed by atoms with Crippen molar-refractivity contribution in [3.8, 4) is 0 Å².